The fourth-order valence-electron chi connectivity index (χ4n) is 3.36. The van der Waals surface area contributed by atoms with Crippen molar-refractivity contribution in [1.82, 2.24) is 15.2 Å². The first-order chi connectivity index (χ1) is 15.0. The highest BCUT2D eigenvalue weighted by atomic mass is 32.1. The van der Waals surface area contributed by atoms with Crippen molar-refractivity contribution in [2.75, 3.05) is 5.32 Å². The molecule has 0 aliphatic rings. The summed E-state index contributed by atoms with van der Waals surface area (Å²) in [6.45, 7) is 4.12. The number of aromatic nitrogens is 3. The Hall–Kier alpha value is -3.77. The lowest BCUT2D eigenvalue weighted by Crippen LogP contribution is -2.12. The van der Waals surface area contributed by atoms with Crippen LogP contribution in [0.4, 0.5) is 5.69 Å². The maximum absolute atomic E-state index is 12.6. The molecule has 31 heavy (non-hydrogen) atoms. The van der Waals surface area contributed by atoms with E-state index in [-0.39, 0.29) is 5.91 Å². The van der Waals surface area contributed by atoms with E-state index >= 15 is 0 Å². The second-order valence-corrected chi connectivity index (χ2v) is 8.59. The Balaban J connectivity index is 1.31. The van der Waals surface area contributed by atoms with Crippen LogP contribution in [0.15, 0.2) is 72.8 Å². The maximum Gasteiger partial charge on any atom is 0.273 e. The minimum atomic E-state index is -0.228. The van der Waals surface area contributed by atoms with Crippen molar-refractivity contribution in [2.24, 2.45) is 0 Å². The number of carbonyl (C=O) groups excluding carboxylic acids is 1. The largest absolute Gasteiger partial charge is 0.321 e. The third-order valence-corrected chi connectivity index (χ3v) is 6.17. The highest BCUT2D eigenvalue weighted by Gasteiger charge is 2.12. The first-order valence-electron chi connectivity index (χ1n) is 9.96. The van der Waals surface area contributed by atoms with E-state index in [9.17, 15) is 4.79 Å². The van der Waals surface area contributed by atoms with E-state index in [2.05, 4.69) is 40.6 Å². The van der Waals surface area contributed by atoms with Gasteiger partial charge in [-0.15, -0.1) is 11.3 Å². The molecule has 1 amide bonds. The van der Waals surface area contributed by atoms with Crippen molar-refractivity contribution in [2.45, 2.75) is 13.8 Å². The number of benzene rings is 3. The van der Waals surface area contributed by atoms with Gasteiger partial charge in [-0.1, -0.05) is 35.9 Å². The summed E-state index contributed by atoms with van der Waals surface area (Å²) >= 11 is 1.67. The summed E-state index contributed by atoms with van der Waals surface area (Å²) in [5.74, 6) is -0.228. The molecule has 0 saturated carbocycles. The summed E-state index contributed by atoms with van der Waals surface area (Å²) in [5, 5.41) is 11.0. The van der Waals surface area contributed by atoms with Gasteiger partial charge in [-0.25, -0.2) is 4.98 Å². The number of hydrogen-bond acceptors (Lipinski definition) is 4. The van der Waals surface area contributed by atoms with Crippen molar-refractivity contribution in [3.05, 3.63) is 89.6 Å². The molecule has 0 bridgehead atoms. The number of anilines is 1. The summed E-state index contributed by atoms with van der Waals surface area (Å²) in [4.78, 5) is 17.3. The molecule has 5 rings (SSSR count). The number of thiazole rings is 1. The van der Waals surface area contributed by atoms with Gasteiger partial charge in [-0.05, 0) is 61.9 Å². The van der Waals surface area contributed by atoms with E-state index in [0.717, 1.165) is 33.0 Å². The normalized spacial score (nSPS) is 11.0. The van der Waals surface area contributed by atoms with Crippen molar-refractivity contribution in [3.8, 4) is 21.8 Å². The Morgan fingerprint density at radius 3 is 2.35 bits per heavy atom. The van der Waals surface area contributed by atoms with E-state index in [1.165, 1.54) is 15.8 Å². The first kappa shape index (κ1) is 19.2. The summed E-state index contributed by atoms with van der Waals surface area (Å²) in [6.07, 6.45) is 0. The lowest BCUT2D eigenvalue weighted by molar-refractivity contribution is 0.102. The number of nitrogens with zero attached hydrogens (tertiary/aromatic N) is 2. The molecule has 3 aromatic carbocycles. The van der Waals surface area contributed by atoms with Gasteiger partial charge in [0.15, 0.2) is 0 Å². The zero-order valence-corrected chi connectivity index (χ0v) is 18.0. The molecule has 0 aliphatic carbocycles. The average molecular weight is 425 g/mol. The van der Waals surface area contributed by atoms with Crippen LogP contribution in [0.25, 0.3) is 32.0 Å². The molecule has 2 N–H and O–H groups in total. The molecule has 0 saturated heterocycles. The zero-order valence-electron chi connectivity index (χ0n) is 17.1. The highest BCUT2D eigenvalue weighted by Crippen LogP contribution is 2.31. The Kier molecular flexibility index (Phi) is 4.84. The van der Waals surface area contributed by atoms with Crippen LogP contribution in [0.3, 0.4) is 0 Å². The van der Waals surface area contributed by atoms with Gasteiger partial charge in [0.2, 0.25) is 0 Å². The maximum atomic E-state index is 12.6. The van der Waals surface area contributed by atoms with Crippen LogP contribution in [0.1, 0.15) is 21.6 Å². The Bertz CT molecular complexity index is 1380. The highest BCUT2D eigenvalue weighted by molar-refractivity contribution is 7.21. The minimum absolute atomic E-state index is 0.228. The smallest absolute Gasteiger partial charge is 0.273 e. The number of nitrogens with one attached hydrogen (secondary N) is 2. The number of amides is 1. The van der Waals surface area contributed by atoms with Gasteiger partial charge in [0.25, 0.3) is 5.91 Å². The molecule has 2 aromatic heterocycles. The standard InChI is InChI=1S/C25H20N4OS/c1-15-3-6-17(7-4-15)21-14-22(29-28-21)24(30)26-19-10-8-18(9-11-19)25-27-20-12-5-16(2)13-23(20)31-25/h3-14H,1-2H3,(H,26,30)(H,28,29). The lowest BCUT2D eigenvalue weighted by Gasteiger charge is -2.04. The molecule has 6 heteroatoms. The van der Waals surface area contributed by atoms with Crippen LogP contribution < -0.4 is 5.32 Å². The topological polar surface area (TPSA) is 70.7 Å². The quantitative estimate of drug-likeness (QED) is 0.360. The number of aryl methyl sites for hydroxylation is 2. The number of hydrogen-bond donors (Lipinski definition) is 2. The van der Waals surface area contributed by atoms with E-state index in [4.69, 9.17) is 4.98 Å². The summed E-state index contributed by atoms with van der Waals surface area (Å²) < 4.78 is 1.18. The molecule has 0 unspecified atom stereocenters. The number of H-pyrrole nitrogens is 1. The van der Waals surface area contributed by atoms with Crippen LogP contribution in [-0.2, 0) is 0 Å². The Labute approximate surface area is 183 Å². The fraction of sp³-hybridized carbons (Fsp3) is 0.0800. The second-order valence-electron chi connectivity index (χ2n) is 7.55. The number of rotatable bonds is 4. The molecule has 0 spiro atoms. The van der Waals surface area contributed by atoms with E-state index < -0.39 is 0 Å². The van der Waals surface area contributed by atoms with Gasteiger partial charge in [-0.3, -0.25) is 9.89 Å². The van der Waals surface area contributed by atoms with Gasteiger partial charge < -0.3 is 5.32 Å². The van der Waals surface area contributed by atoms with Crippen molar-refractivity contribution >= 4 is 33.1 Å². The summed E-state index contributed by atoms with van der Waals surface area (Å²) in [5.41, 5.74) is 7.29. The van der Waals surface area contributed by atoms with Crippen LogP contribution in [0.2, 0.25) is 0 Å². The number of fused-ring (bicyclic) bond motifs is 1. The van der Waals surface area contributed by atoms with Crippen LogP contribution >= 0.6 is 11.3 Å². The van der Waals surface area contributed by atoms with Crippen molar-refractivity contribution < 1.29 is 4.79 Å². The number of aromatic amines is 1. The van der Waals surface area contributed by atoms with E-state index in [0.29, 0.717) is 5.69 Å². The minimum Gasteiger partial charge on any atom is -0.321 e. The van der Waals surface area contributed by atoms with Gasteiger partial charge in [0, 0.05) is 16.8 Å². The monoisotopic (exact) mass is 424 g/mol. The molecule has 0 fully saturated rings. The third-order valence-electron chi connectivity index (χ3n) is 5.10. The van der Waals surface area contributed by atoms with Crippen molar-refractivity contribution in [3.63, 3.8) is 0 Å². The van der Waals surface area contributed by atoms with Crippen molar-refractivity contribution in [1.29, 1.82) is 0 Å². The van der Waals surface area contributed by atoms with Crippen LogP contribution in [0, 0.1) is 13.8 Å². The summed E-state index contributed by atoms with van der Waals surface area (Å²) in [7, 11) is 0. The van der Waals surface area contributed by atoms with Gasteiger partial charge in [0.1, 0.15) is 10.7 Å². The van der Waals surface area contributed by atoms with E-state index in [1.807, 2.05) is 55.5 Å². The zero-order chi connectivity index (χ0) is 21.4. The number of carbonyl (C=O) groups is 1. The molecule has 5 nitrogen and oxygen atoms in total. The molecule has 5 aromatic rings. The molecular formula is C25H20N4OS. The molecule has 0 aliphatic heterocycles. The third kappa shape index (κ3) is 3.98. The first-order valence-corrected chi connectivity index (χ1v) is 10.8. The van der Waals surface area contributed by atoms with Crippen LogP contribution in [-0.4, -0.2) is 21.1 Å². The summed E-state index contributed by atoms with van der Waals surface area (Å²) in [6, 6.07) is 23.8. The molecule has 0 atom stereocenters. The Morgan fingerprint density at radius 1 is 0.871 bits per heavy atom. The lowest BCUT2D eigenvalue weighted by atomic mass is 10.1. The SMILES string of the molecule is Cc1ccc(-c2cc(C(=O)Nc3ccc(-c4nc5ccc(C)cc5s4)cc3)[nH]n2)cc1. The second kappa shape index (κ2) is 7.81. The van der Waals surface area contributed by atoms with Gasteiger partial charge in [-0.2, -0.15) is 5.10 Å². The Morgan fingerprint density at radius 2 is 1.58 bits per heavy atom. The molecular weight excluding hydrogens is 404 g/mol. The van der Waals surface area contributed by atoms with Crippen LogP contribution in [0.5, 0.6) is 0 Å². The predicted octanol–water partition coefficient (Wildman–Crippen LogP) is 6.22. The average Bonchev–Trinajstić information content (AvgIpc) is 3.42. The predicted molar refractivity (Wildman–Crippen MR) is 127 cm³/mol. The molecule has 152 valence electrons. The fourth-order valence-corrected chi connectivity index (χ4v) is 4.43. The van der Waals surface area contributed by atoms with Gasteiger partial charge >= 0.3 is 0 Å². The molecule has 0 radical (unpaired) electrons. The van der Waals surface area contributed by atoms with Gasteiger partial charge in [0.05, 0.1) is 15.9 Å². The molecule has 2 heterocycles. The van der Waals surface area contributed by atoms with E-state index in [1.54, 1.807) is 17.4 Å².